The minimum Gasteiger partial charge on any atom is -0.398 e. The first-order valence-corrected chi connectivity index (χ1v) is 6.02. The van der Waals surface area contributed by atoms with Gasteiger partial charge in [-0.25, -0.2) is 0 Å². The van der Waals surface area contributed by atoms with Crippen LogP contribution in [0.25, 0.3) is 15.5 Å². The number of hydrogen-bond donors (Lipinski definition) is 1. The lowest BCUT2D eigenvalue weighted by Crippen LogP contribution is -1.92. The summed E-state index contributed by atoms with van der Waals surface area (Å²) in [6.07, 6.45) is 0. The lowest BCUT2D eigenvalue weighted by Gasteiger charge is -2.02. The van der Waals surface area contributed by atoms with Crippen LogP contribution in [0.15, 0.2) is 18.2 Å². The molecule has 2 aromatic heterocycles. The van der Waals surface area contributed by atoms with Gasteiger partial charge in [0.1, 0.15) is 5.01 Å². The third-order valence-electron chi connectivity index (χ3n) is 2.59. The van der Waals surface area contributed by atoms with Gasteiger partial charge in [0.05, 0.1) is 0 Å². The van der Waals surface area contributed by atoms with Gasteiger partial charge < -0.3 is 5.73 Å². The zero-order chi connectivity index (χ0) is 12.0. The first-order chi connectivity index (χ1) is 8.15. The zero-order valence-electron chi connectivity index (χ0n) is 9.51. The summed E-state index contributed by atoms with van der Waals surface area (Å²) in [4.78, 5) is 0.790. The number of anilines is 1. The quantitative estimate of drug-likeness (QED) is 0.666. The Bertz CT molecular complexity index is 697. The smallest absolute Gasteiger partial charge is 0.234 e. The predicted octanol–water partition coefficient (Wildman–Crippen LogP) is 2.05. The highest BCUT2D eigenvalue weighted by Crippen LogP contribution is 2.30. The van der Waals surface area contributed by atoms with Gasteiger partial charge in [-0.3, -0.25) is 0 Å². The van der Waals surface area contributed by atoms with Crippen molar-refractivity contribution in [3.8, 4) is 10.6 Å². The topological polar surface area (TPSA) is 69.1 Å². The van der Waals surface area contributed by atoms with E-state index in [1.54, 1.807) is 4.52 Å². The third-order valence-corrected chi connectivity index (χ3v) is 3.52. The fraction of sp³-hybridized carbons (Fsp3) is 0.182. The summed E-state index contributed by atoms with van der Waals surface area (Å²) in [5.74, 6) is 0.786. The molecule has 3 aromatic rings. The Hall–Kier alpha value is -1.95. The lowest BCUT2D eigenvalue weighted by atomic mass is 10.1. The van der Waals surface area contributed by atoms with Crippen molar-refractivity contribution < 1.29 is 0 Å². The van der Waals surface area contributed by atoms with Gasteiger partial charge in [0.15, 0.2) is 5.82 Å². The first-order valence-electron chi connectivity index (χ1n) is 5.20. The highest BCUT2D eigenvalue weighted by atomic mass is 32.1. The minimum atomic E-state index is 0.734. The molecule has 6 heteroatoms. The van der Waals surface area contributed by atoms with E-state index in [-0.39, 0.29) is 0 Å². The standard InChI is InChI=1S/C11H11N5S/c1-6-3-4-9(12)8(5-6)10-15-16-7(2)13-14-11(16)17-10/h3-5H,12H2,1-2H3. The molecule has 2 N–H and O–H groups in total. The van der Waals surface area contributed by atoms with Gasteiger partial charge in [0.2, 0.25) is 4.96 Å². The highest BCUT2D eigenvalue weighted by Gasteiger charge is 2.12. The first kappa shape index (κ1) is 10.2. The number of rotatable bonds is 1. The second kappa shape index (κ2) is 3.53. The van der Waals surface area contributed by atoms with E-state index in [0.29, 0.717) is 0 Å². The summed E-state index contributed by atoms with van der Waals surface area (Å²) >= 11 is 1.49. The molecule has 3 rings (SSSR count). The molecule has 0 aliphatic heterocycles. The van der Waals surface area contributed by atoms with Crippen molar-refractivity contribution in [1.29, 1.82) is 0 Å². The summed E-state index contributed by atoms with van der Waals surface area (Å²) in [6, 6.07) is 5.93. The van der Waals surface area contributed by atoms with Crippen LogP contribution in [0, 0.1) is 13.8 Å². The summed E-state index contributed by atoms with van der Waals surface area (Å²) in [7, 11) is 0. The van der Waals surface area contributed by atoms with Crippen molar-refractivity contribution in [2.24, 2.45) is 0 Å². The third kappa shape index (κ3) is 1.57. The fourth-order valence-corrected chi connectivity index (χ4v) is 2.60. The number of nitrogens with zero attached hydrogens (tertiary/aromatic N) is 4. The molecule has 2 heterocycles. The van der Waals surface area contributed by atoms with E-state index in [1.165, 1.54) is 11.3 Å². The van der Waals surface area contributed by atoms with Crippen LogP contribution in [0.3, 0.4) is 0 Å². The molecular weight excluding hydrogens is 234 g/mol. The Labute approximate surface area is 102 Å². The summed E-state index contributed by atoms with van der Waals surface area (Å²) in [5, 5.41) is 13.4. The van der Waals surface area contributed by atoms with Gasteiger partial charge in [-0.1, -0.05) is 23.0 Å². The molecule has 0 atom stereocenters. The van der Waals surface area contributed by atoms with E-state index in [2.05, 4.69) is 15.3 Å². The molecule has 5 nitrogen and oxygen atoms in total. The van der Waals surface area contributed by atoms with Crippen molar-refractivity contribution in [3.63, 3.8) is 0 Å². The van der Waals surface area contributed by atoms with E-state index >= 15 is 0 Å². The Kier molecular flexibility index (Phi) is 2.12. The van der Waals surface area contributed by atoms with Crippen LogP contribution in [0.1, 0.15) is 11.4 Å². The van der Waals surface area contributed by atoms with Crippen molar-refractivity contribution >= 4 is 22.0 Å². The molecule has 17 heavy (non-hydrogen) atoms. The van der Waals surface area contributed by atoms with E-state index in [1.807, 2.05) is 32.0 Å². The van der Waals surface area contributed by atoms with E-state index in [9.17, 15) is 0 Å². The van der Waals surface area contributed by atoms with Crippen molar-refractivity contribution in [1.82, 2.24) is 19.8 Å². The monoisotopic (exact) mass is 245 g/mol. The molecule has 0 aliphatic rings. The summed E-state index contributed by atoms with van der Waals surface area (Å²) in [6.45, 7) is 3.91. The Morgan fingerprint density at radius 3 is 2.82 bits per heavy atom. The van der Waals surface area contributed by atoms with Gasteiger partial charge in [-0.15, -0.1) is 10.2 Å². The normalized spacial score (nSPS) is 11.2. The van der Waals surface area contributed by atoms with Crippen LogP contribution < -0.4 is 5.73 Å². The van der Waals surface area contributed by atoms with Gasteiger partial charge >= 0.3 is 0 Å². The van der Waals surface area contributed by atoms with Crippen molar-refractivity contribution in [2.45, 2.75) is 13.8 Å². The summed E-state index contributed by atoms with van der Waals surface area (Å²) in [5.41, 5.74) is 8.83. The largest absolute Gasteiger partial charge is 0.398 e. The van der Waals surface area contributed by atoms with Crippen LogP contribution in [-0.4, -0.2) is 19.8 Å². The second-order valence-corrected chi connectivity index (χ2v) is 4.90. The van der Waals surface area contributed by atoms with Crippen molar-refractivity contribution in [2.75, 3.05) is 5.73 Å². The molecule has 0 radical (unpaired) electrons. The van der Waals surface area contributed by atoms with E-state index in [0.717, 1.165) is 32.6 Å². The maximum atomic E-state index is 5.97. The van der Waals surface area contributed by atoms with Gasteiger partial charge in [-0.05, 0) is 26.0 Å². The highest BCUT2D eigenvalue weighted by molar-refractivity contribution is 7.19. The van der Waals surface area contributed by atoms with Crippen LogP contribution in [0.5, 0.6) is 0 Å². The predicted molar refractivity (Wildman–Crippen MR) is 68.0 cm³/mol. The Morgan fingerprint density at radius 2 is 2.06 bits per heavy atom. The zero-order valence-corrected chi connectivity index (χ0v) is 10.3. The maximum Gasteiger partial charge on any atom is 0.234 e. The van der Waals surface area contributed by atoms with E-state index < -0.39 is 0 Å². The number of fused-ring (bicyclic) bond motifs is 1. The average molecular weight is 245 g/mol. The SMILES string of the molecule is Cc1ccc(N)c(-c2nn3c(C)nnc3s2)c1. The van der Waals surface area contributed by atoms with Gasteiger partial charge in [0.25, 0.3) is 0 Å². The molecule has 86 valence electrons. The number of nitrogens with two attached hydrogens (primary N) is 1. The average Bonchev–Trinajstić information content (AvgIpc) is 2.85. The molecule has 0 unspecified atom stereocenters. The van der Waals surface area contributed by atoms with Gasteiger partial charge in [0, 0.05) is 11.3 Å². The number of aryl methyl sites for hydroxylation is 2. The number of hydrogen-bond acceptors (Lipinski definition) is 5. The molecule has 0 fully saturated rings. The van der Waals surface area contributed by atoms with Gasteiger partial charge in [-0.2, -0.15) is 9.61 Å². The molecular formula is C11H11N5S. The fourth-order valence-electron chi connectivity index (χ4n) is 1.68. The molecule has 0 saturated carbocycles. The van der Waals surface area contributed by atoms with Crippen LogP contribution in [0.2, 0.25) is 0 Å². The Morgan fingerprint density at radius 1 is 1.24 bits per heavy atom. The molecule has 0 aliphatic carbocycles. The number of nitrogen functional groups attached to an aromatic ring is 1. The molecule has 0 amide bonds. The molecule has 0 spiro atoms. The van der Waals surface area contributed by atoms with Crippen LogP contribution >= 0.6 is 11.3 Å². The molecule has 0 saturated heterocycles. The van der Waals surface area contributed by atoms with E-state index in [4.69, 9.17) is 5.73 Å². The Balaban J connectivity index is 2.23. The minimum absolute atomic E-state index is 0.734. The van der Waals surface area contributed by atoms with Crippen LogP contribution in [-0.2, 0) is 0 Å². The number of aromatic nitrogens is 4. The lowest BCUT2D eigenvalue weighted by molar-refractivity contribution is 0.898. The van der Waals surface area contributed by atoms with Crippen molar-refractivity contribution in [3.05, 3.63) is 29.6 Å². The number of benzene rings is 1. The summed E-state index contributed by atoms with van der Waals surface area (Å²) < 4.78 is 1.74. The second-order valence-electron chi connectivity index (χ2n) is 3.94. The van der Waals surface area contributed by atoms with Crippen LogP contribution in [0.4, 0.5) is 5.69 Å². The maximum absolute atomic E-state index is 5.97. The molecule has 1 aromatic carbocycles. The molecule has 0 bridgehead atoms.